The Morgan fingerprint density at radius 2 is 0.796 bits per heavy atom. The van der Waals surface area contributed by atoms with Crippen molar-refractivity contribution in [3.05, 3.63) is 169 Å². The molecule has 0 atom stereocenters. The monoisotopic (exact) mass is 628 g/mol. The summed E-state index contributed by atoms with van der Waals surface area (Å²) < 4.78 is 6.12. The number of fused-ring (bicyclic) bond motifs is 5. The van der Waals surface area contributed by atoms with Crippen LogP contribution in [0.1, 0.15) is 26.3 Å². The average Bonchev–Trinajstić information content (AvgIpc) is 3.52. The lowest BCUT2D eigenvalue weighted by Crippen LogP contribution is -2.10. The third-order valence-corrected chi connectivity index (χ3v) is 10.0. The summed E-state index contributed by atoms with van der Waals surface area (Å²) in [4.78, 5) is 0. The highest BCUT2D eigenvalue weighted by molar-refractivity contribution is 6.22. The summed E-state index contributed by atoms with van der Waals surface area (Å²) >= 11 is 0. The standard InChI is InChI=1S/C48H36O/c1-48(2,3)37-24-20-32(21-25-37)46-39-17-7-8-18-40(39)47(31-12-5-4-6-13-31)43-30-35(22-26-41(43)46)33-14-11-15-34(28-33)36-23-27-45-42(29-36)38-16-9-10-19-44(38)49-45/h4-30H,1-3H3. The second kappa shape index (κ2) is 11.4. The van der Waals surface area contributed by atoms with Crippen LogP contribution in [-0.2, 0) is 5.41 Å². The molecule has 1 aromatic heterocycles. The summed E-state index contributed by atoms with van der Waals surface area (Å²) in [5.74, 6) is 0. The van der Waals surface area contributed by atoms with Gasteiger partial charge in [-0.05, 0) is 107 Å². The molecule has 0 unspecified atom stereocenters. The molecule has 1 nitrogen and oxygen atoms in total. The van der Waals surface area contributed by atoms with Gasteiger partial charge in [0.15, 0.2) is 0 Å². The molecular formula is C48H36O. The minimum absolute atomic E-state index is 0.0985. The summed E-state index contributed by atoms with van der Waals surface area (Å²) in [6, 6.07) is 59.7. The summed E-state index contributed by atoms with van der Waals surface area (Å²) in [7, 11) is 0. The Hall–Kier alpha value is -5.92. The molecular weight excluding hydrogens is 593 g/mol. The molecule has 0 spiro atoms. The van der Waals surface area contributed by atoms with Gasteiger partial charge in [-0.25, -0.2) is 0 Å². The van der Waals surface area contributed by atoms with Gasteiger partial charge < -0.3 is 4.42 Å². The van der Waals surface area contributed by atoms with Crippen molar-refractivity contribution in [1.29, 1.82) is 0 Å². The maximum Gasteiger partial charge on any atom is 0.135 e. The third-order valence-electron chi connectivity index (χ3n) is 10.0. The van der Waals surface area contributed by atoms with Crippen molar-refractivity contribution in [2.45, 2.75) is 26.2 Å². The Bertz CT molecular complexity index is 2670. The molecule has 8 aromatic carbocycles. The van der Waals surface area contributed by atoms with Gasteiger partial charge in [0, 0.05) is 10.8 Å². The molecule has 0 fully saturated rings. The summed E-state index contributed by atoms with van der Waals surface area (Å²) in [6.45, 7) is 6.82. The molecule has 1 heterocycles. The van der Waals surface area contributed by atoms with E-state index in [1.807, 2.05) is 12.1 Å². The van der Waals surface area contributed by atoms with Gasteiger partial charge in [0.25, 0.3) is 0 Å². The number of para-hydroxylation sites is 1. The van der Waals surface area contributed by atoms with Crippen LogP contribution in [0.4, 0.5) is 0 Å². The first-order chi connectivity index (χ1) is 23.9. The molecule has 0 aliphatic carbocycles. The number of benzene rings is 8. The highest BCUT2D eigenvalue weighted by Crippen LogP contribution is 2.45. The van der Waals surface area contributed by atoms with Crippen LogP contribution in [0.2, 0.25) is 0 Å². The Kier molecular flexibility index (Phi) is 6.78. The second-order valence-corrected chi connectivity index (χ2v) is 14.1. The number of hydrogen-bond donors (Lipinski definition) is 0. The van der Waals surface area contributed by atoms with Crippen LogP contribution in [0.3, 0.4) is 0 Å². The average molecular weight is 629 g/mol. The van der Waals surface area contributed by atoms with E-state index in [1.54, 1.807) is 0 Å². The molecule has 9 aromatic rings. The first-order valence-electron chi connectivity index (χ1n) is 17.1. The molecule has 9 rings (SSSR count). The number of furan rings is 1. The maximum absolute atomic E-state index is 6.12. The number of hydrogen-bond acceptors (Lipinski definition) is 1. The van der Waals surface area contributed by atoms with Crippen LogP contribution in [0.5, 0.6) is 0 Å². The SMILES string of the molecule is CC(C)(C)c1ccc(-c2c3ccccc3c(-c3ccccc3)c3cc(-c4cccc(-c5ccc6oc7ccccc7c6c5)c4)ccc23)cc1. The van der Waals surface area contributed by atoms with E-state index in [4.69, 9.17) is 4.42 Å². The fraction of sp³-hybridized carbons (Fsp3) is 0.0833. The van der Waals surface area contributed by atoms with Crippen molar-refractivity contribution in [3.8, 4) is 44.5 Å². The van der Waals surface area contributed by atoms with Crippen molar-refractivity contribution in [2.75, 3.05) is 0 Å². The van der Waals surface area contributed by atoms with Gasteiger partial charge in [-0.1, -0.05) is 154 Å². The lowest BCUT2D eigenvalue weighted by Gasteiger charge is -2.21. The van der Waals surface area contributed by atoms with Crippen LogP contribution in [0.15, 0.2) is 168 Å². The highest BCUT2D eigenvalue weighted by Gasteiger charge is 2.19. The van der Waals surface area contributed by atoms with E-state index < -0.39 is 0 Å². The Labute approximate surface area is 287 Å². The van der Waals surface area contributed by atoms with Crippen LogP contribution >= 0.6 is 0 Å². The van der Waals surface area contributed by atoms with Crippen molar-refractivity contribution in [2.24, 2.45) is 0 Å². The first kappa shape index (κ1) is 29.2. The molecule has 0 saturated carbocycles. The van der Waals surface area contributed by atoms with Gasteiger partial charge in [-0.3, -0.25) is 0 Å². The second-order valence-electron chi connectivity index (χ2n) is 14.1. The van der Waals surface area contributed by atoms with E-state index in [1.165, 1.54) is 71.6 Å². The Morgan fingerprint density at radius 3 is 1.49 bits per heavy atom. The molecule has 49 heavy (non-hydrogen) atoms. The zero-order valence-corrected chi connectivity index (χ0v) is 28.0. The van der Waals surface area contributed by atoms with Crippen molar-refractivity contribution < 1.29 is 4.42 Å². The minimum atomic E-state index is 0.0985. The van der Waals surface area contributed by atoms with Gasteiger partial charge >= 0.3 is 0 Å². The molecule has 0 saturated heterocycles. The fourth-order valence-electron chi connectivity index (χ4n) is 7.51. The lowest BCUT2D eigenvalue weighted by atomic mass is 9.83. The van der Waals surface area contributed by atoms with Gasteiger partial charge in [0.05, 0.1) is 0 Å². The fourth-order valence-corrected chi connectivity index (χ4v) is 7.51. The zero-order chi connectivity index (χ0) is 33.1. The van der Waals surface area contributed by atoms with Crippen LogP contribution in [-0.4, -0.2) is 0 Å². The van der Waals surface area contributed by atoms with Gasteiger partial charge in [-0.15, -0.1) is 0 Å². The first-order valence-corrected chi connectivity index (χ1v) is 17.1. The van der Waals surface area contributed by atoms with E-state index >= 15 is 0 Å². The predicted molar refractivity (Wildman–Crippen MR) is 209 cm³/mol. The van der Waals surface area contributed by atoms with E-state index in [-0.39, 0.29) is 5.41 Å². The van der Waals surface area contributed by atoms with Gasteiger partial charge in [-0.2, -0.15) is 0 Å². The van der Waals surface area contributed by atoms with Crippen molar-refractivity contribution >= 4 is 43.5 Å². The van der Waals surface area contributed by atoms with E-state index in [9.17, 15) is 0 Å². The van der Waals surface area contributed by atoms with Gasteiger partial charge in [0.1, 0.15) is 11.2 Å². The van der Waals surface area contributed by atoms with Crippen molar-refractivity contribution in [1.82, 2.24) is 0 Å². The smallest absolute Gasteiger partial charge is 0.135 e. The summed E-state index contributed by atoms with van der Waals surface area (Å²) in [5, 5.41) is 7.35. The van der Waals surface area contributed by atoms with Crippen molar-refractivity contribution in [3.63, 3.8) is 0 Å². The maximum atomic E-state index is 6.12. The Balaban J connectivity index is 1.25. The zero-order valence-electron chi connectivity index (χ0n) is 28.0. The molecule has 234 valence electrons. The van der Waals surface area contributed by atoms with E-state index in [0.717, 1.165) is 21.9 Å². The van der Waals surface area contributed by atoms with Crippen LogP contribution < -0.4 is 0 Å². The van der Waals surface area contributed by atoms with Crippen LogP contribution in [0.25, 0.3) is 88.0 Å². The third kappa shape index (κ3) is 5.02. The summed E-state index contributed by atoms with van der Waals surface area (Å²) in [6.07, 6.45) is 0. The molecule has 0 N–H and O–H groups in total. The Morgan fingerprint density at radius 1 is 0.327 bits per heavy atom. The minimum Gasteiger partial charge on any atom is -0.456 e. The van der Waals surface area contributed by atoms with E-state index in [2.05, 4.69) is 172 Å². The van der Waals surface area contributed by atoms with E-state index in [0.29, 0.717) is 0 Å². The predicted octanol–water partition coefficient (Wildman–Crippen LogP) is 13.9. The largest absolute Gasteiger partial charge is 0.456 e. The molecule has 0 amide bonds. The molecule has 0 aliphatic rings. The quantitative estimate of drug-likeness (QED) is 0.177. The van der Waals surface area contributed by atoms with Crippen LogP contribution in [0, 0.1) is 0 Å². The molecule has 1 heteroatoms. The normalized spacial score (nSPS) is 12.0. The molecule has 0 radical (unpaired) electrons. The topological polar surface area (TPSA) is 13.1 Å². The molecule has 0 aliphatic heterocycles. The highest BCUT2D eigenvalue weighted by atomic mass is 16.3. The van der Waals surface area contributed by atoms with Gasteiger partial charge in [0.2, 0.25) is 0 Å². The summed E-state index contributed by atoms with van der Waals surface area (Å²) in [5.41, 5.74) is 13.1. The molecule has 0 bridgehead atoms. The number of rotatable bonds is 4. The lowest BCUT2D eigenvalue weighted by molar-refractivity contribution is 0.590.